The first-order valence-electron chi connectivity index (χ1n) is 7.49. The van der Waals surface area contributed by atoms with Crippen LogP contribution in [0, 0.1) is 0 Å². The molecule has 0 aliphatic carbocycles. The van der Waals surface area contributed by atoms with Crippen molar-refractivity contribution in [1.29, 1.82) is 0 Å². The van der Waals surface area contributed by atoms with E-state index in [0.29, 0.717) is 12.2 Å². The quantitative estimate of drug-likeness (QED) is 0.796. The highest BCUT2D eigenvalue weighted by molar-refractivity contribution is 7.89. The normalized spacial score (nSPS) is 11.2. The number of ether oxygens (including phenoxy) is 1. The summed E-state index contributed by atoms with van der Waals surface area (Å²) in [5.41, 5.74) is 0.247. The van der Waals surface area contributed by atoms with Gasteiger partial charge in [0.2, 0.25) is 10.0 Å². The lowest BCUT2D eigenvalue weighted by Crippen LogP contribution is -2.21. The van der Waals surface area contributed by atoms with Crippen molar-refractivity contribution in [1.82, 2.24) is 4.57 Å². The number of anilines is 1. The van der Waals surface area contributed by atoms with Crippen molar-refractivity contribution in [2.24, 2.45) is 5.14 Å². The molecule has 1 aromatic carbocycles. The Morgan fingerprint density at radius 1 is 1.28 bits per heavy atom. The summed E-state index contributed by atoms with van der Waals surface area (Å²) >= 11 is 0. The maximum atomic E-state index is 12.5. The van der Waals surface area contributed by atoms with Crippen LogP contribution >= 0.6 is 0 Å². The fourth-order valence-electron chi connectivity index (χ4n) is 2.26. The van der Waals surface area contributed by atoms with Gasteiger partial charge in [0.1, 0.15) is 5.75 Å². The summed E-state index contributed by atoms with van der Waals surface area (Å²) < 4.78 is 29.6. The van der Waals surface area contributed by atoms with Crippen molar-refractivity contribution in [3.63, 3.8) is 0 Å². The van der Waals surface area contributed by atoms with Gasteiger partial charge >= 0.3 is 0 Å². The van der Waals surface area contributed by atoms with Gasteiger partial charge < -0.3 is 14.6 Å². The molecule has 1 heterocycles. The van der Waals surface area contributed by atoms with Crippen LogP contribution in [0.2, 0.25) is 0 Å². The summed E-state index contributed by atoms with van der Waals surface area (Å²) in [6.45, 7) is 2.45. The monoisotopic (exact) mass is 365 g/mol. The maximum Gasteiger partial charge on any atom is 0.259 e. The summed E-state index contributed by atoms with van der Waals surface area (Å²) in [7, 11) is -2.59. The molecule has 2 aromatic rings. The number of hydrogen-bond donors (Lipinski definition) is 2. The fraction of sp³-hybridized carbons (Fsp3) is 0.250. The Bertz CT molecular complexity index is 950. The summed E-state index contributed by atoms with van der Waals surface area (Å²) in [6, 6.07) is 6.58. The topological polar surface area (TPSA) is 120 Å². The predicted octanol–water partition coefficient (Wildman–Crippen LogP) is 1.17. The summed E-state index contributed by atoms with van der Waals surface area (Å²) in [4.78, 5) is 24.0. The minimum absolute atomic E-state index is 0.0160. The van der Waals surface area contributed by atoms with Gasteiger partial charge in [0.05, 0.1) is 23.3 Å². The van der Waals surface area contributed by atoms with Crippen molar-refractivity contribution < 1.29 is 17.9 Å². The van der Waals surface area contributed by atoms with E-state index in [4.69, 9.17) is 9.88 Å². The van der Waals surface area contributed by atoms with Crippen LogP contribution in [0.3, 0.4) is 0 Å². The molecule has 25 heavy (non-hydrogen) atoms. The highest BCUT2D eigenvalue weighted by Crippen LogP contribution is 2.23. The molecule has 8 nitrogen and oxygen atoms in total. The fourth-order valence-corrected chi connectivity index (χ4v) is 2.80. The molecule has 0 spiro atoms. The highest BCUT2D eigenvalue weighted by atomic mass is 32.2. The van der Waals surface area contributed by atoms with E-state index in [9.17, 15) is 18.0 Å². The second kappa shape index (κ2) is 7.49. The maximum absolute atomic E-state index is 12.5. The number of benzene rings is 1. The number of aromatic nitrogens is 1. The lowest BCUT2D eigenvalue weighted by Gasteiger charge is -2.12. The Kier molecular flexibility index (Phi) is 5.60. The second-order valence-corrected chi connectivity index (χ2v) is 6.87. The Morgan fingerprint density at radius 3 is 2.60 bits per heavy atom. The average Bonchev–Trinajstić information content (AvgIpc) is 2.56. The van der Waals surface area contributed by atoms with Crippen LogP contribution in [0.1, 0.15) is 23.7 Å². The van der Waals surface area contributed by atoms with Crippen molar-refractivity contribution >= 4 is 21.6 Å². The van der Waals surface area contributed by atoms with Crippen LogP contribution in [0.5, 0.6) is 5.75 Å². The van der Waals surface area contributed by atoms with Gasteiger partial charge in [0, 0.05) is 18.8 Å². The Balaban J connectivity index is 2.38. The number of methoxy groups -OCH3 is 1. The van der Waals surface area contributed by atoms with E-state index in [1.165, 1.54) is 42.1 Å². The van der Waals surface area contributed by atoms with Crippen LogP contribution in [0.15, 0.2) is 46.2 Å². The Hall–Kier alpha value is -2.65. The predicted molar refractivity (Wildman–Crippen MR) is 93.3 cm³/mol. The van der Waals surface area contributed by atoms with Gasteiger partial charge in [-0.1, -0.05) is 6.92 Å². The third-order valence-electron chi connectivity index (χ3n) is 3.45. The van der Waals surface area contributed by atoms with Gasteiger partial charge in [-0.15, -0.1) is 0 Å². The summed E-state index contributed by atoms with van der Waals surface area (Å²) in [6.07, 6.45) is 2.29. The molecule has 0 saturated heterocycles. The van der Waals surface area contributed by atoms with Gasteiger partial charge in [0.15, 0.2) is 0 Å². The molecule has 1 aromatic heterocycles. The molecule has 0 saturated carbocycles. The number of carbonyl (C=O) groups excluding carboxylic acids is 1. The first-order valence-corrected chi connectivity index (χ1v) is 9.03. The number of nitrogens with zero attached hydrogens (tertiary/aromatic N) is 1. The molecule has 0 bridgehead atoms. The number of carbonyl (C=O) groups is 1. The number of nitrogens with two attached hydrogens (primary N) is 1. The molecule has 9 heteroatoms. The second-order valence-electron chi connectivity index (χ2n) is 5.31. The standard InChI is InChI=1S/C16H19N3O5S/c1-3-8-19-10-11(4-7-15(19)20)18-16(21)13-9-12(25(17,22)23)5-6-14(13)24-2/h4-7,9-10H,3,8H2,1-2H3,(H,18,21)(H2,17,22,23). The number of hydrogen-bond acceptors (Lipinski definition) is 5. The first-order chi connectivity index (χ1) is 11.8. The SMILES string of the molecule is CCCn1cc(NC(=O)c2cc(S(N)(=O)=O)ccc2OC)ccc1=O. The number of nitrogens with one attached hydrogen (secondary N) is 1. The van der Waals surface area contributed by atoms with Crippen LogP contribution < -0.4 is 20.8 Å². The molecular weight excluding hydrogens is 346 g/mol. The van der Waals surface area contributed by atoms with E-state index >= 15 is 0 Å². The molecule has 0 unspecified atom stereocenters. The minimum atomic E-state index is -3.96. The number of pyridine rings is 1. The zero-order chi connectivity index (χ0) is 18.6. The largest absolute Gasteiger partial charge is 0.496 e. The average molecular weight is 365 g/mol. The van der Waals surface area contributed by atoms with Crippen LogP contribution in [0.4, 0.5) is 5.69 Å². The number of primary sulfonamides is 1. The third-order valence-corrected chi connectivity index (χ3v) is 4.36. The summed E-state index contributed by atoms with van der Waals surface area (Å²) in [5.74, 6) is -0.379. The van der Waals surface area contributed by atoms with Crippen LogP contribution in [-0.2, 0) is 16.6 Å². The van der Waals surface area contributed by atoms with E-state index in [2.05, 4.69) is 5.32 Å². The number of rotatable bonds is 6. The molecule has 134 valence electrons. The third kappa shape index (κ3) is 4.46. The van der Waals surface area contributed by atoms with Gasteiger partial charge in [-0.3, -0.25) is 9.59 Å². The van der Waals surface area contributed by atoms with E-state index < -0.39 is 15.9 Å². The van der Waals surface area contributed by atoms with Gasteiger partial charge in [-0.25, -0.2) is 13.6 Å². The number of amides is 1. The number of sulfonamides is 1. The molecule has 1 amide bonds. The van der Waals surface area contributed by atoms with Crippen molar-refractivity contribution in [3.05, 3.63) is 52.4 Å². The van der Waals surface area contributed by atoms with Gasteiger partial charge in [-0.05, 0) is 30.7 Å². The zero-order valence-corrected chi connectivity index (χ0v) is 14.7. The minimum Gasteiger partial charge on any atom is -0.496 e. The molecule has 2 rings (SSSR count). The van der Waals surface area contributed by atoms with Crippen molar-refractivity contribution in [2.75, 3.05) is 12.4 Å². The molecular formula is C16H19N3O5S. The Labute approximate surface area is 145 Å². The van der Waals surface area contributed by atoms with Crippen molar-refractivity contribution in [2.45, 2.75) is 24.8 Å². The molecule has 0 fully saturated rings. The smallest absolute Gasteiger partial charge is 0.259 e. The van der Waals surface area contributed by atoms with Gasteiger partial charge in [-0.2, -0.15) is 0 Å². The molecule has 0 radical (unpaired) electrons. The van der Waals surface area contributed by atoms with Gasteiger partial charge in [0.25, 0.3) is 11.5 Å². The molecule has 0 atom stereocenters. The lowest BCUT2D eigenvalue weighted by atomic mass is 10.2. The Morgan fingerprint density at radius 2 is 2.00 bits per heavy atom. The van der Waals surface area contributed by atoms with E-state index in [1.54, 1.807) is 0 Å². The summed E-state index contributed by atoms with van der Waals surface area (Å²) in [5, 5.41) is 7.72. The zero-order valence-electron chi connectivity index (χ0n) is 13.9. The molecule has 0 aliphatic heterocycles. The van der Waals surface area contributed by atoms with Crippen LogP contribution in [0.25, 0.3) is 0 Å². The number of aryl methyl sites for hydroxylation is 1. The van der Waals surface area contributed by atoms with Crippen LogP contribution in [-0.4, -0.2) is 26.0 Å². The molecule has 3 N–H and O–H groups in total. The van der Waals surface area contributed by atoms with E-state index in [-0.39, 0.29) is 21.8 Å². The van der Waals surface area contributed by atoms with E-state index in [1.807, 2.05) is 6.92 Å². The first kappa shape index (κ1) is 18.7. The van der Waals surface area contributed by atoms with E-state index in [0.717, 1.165) is 12.5 Å². The molecule has 0 aliphatic rings. The van der Waals surface area contributed by atoms with Crippen molar-refractivity contribution in [3.8, 4) is 5.75 Å². The lowest BCUT2D eigenvalue weighted by molar-refractivity contribution is 0.102. The highest BCUT2D eigenvalue weighted by Gasteiger charge is 2.17.